The van der Waals surface area contributed by atoms with Gasteiger partial charge in [-0.05, 0) is 58.6 Å². The second kappa shape index (κ2) is 9.09. The first-order valence-electron chi connectivity index (χ1n) is 8.72. The largest absolute Gasteiger partial charge is 0.462 e. The number of nitrogens with zero attached hydrogens (tertiary/aromatic N) is 4. The molecule has 3 aromatic rings. The number of benzene rings is 1. The van der Waals surface area contributed by atoms with Crippen LogP contribution in [0.4, 0.5) is 5.69 Å². The van der Waals surface area contributed by atoms with Gasteiger partial charge in [-0.15, -0.1) is 11.3 Å². The normalized spacial score (nSPS) is 10.6. The number of carbonyl (C=O) groups excluding carboxylic acids is 2. The summed E-state index contributed by atoms with van der Waals surface area (Å²) < 4.78 is 7.25. The van der Waals surface area contributed by atoms with Crippen molar-refractivity contribution in [1.82, 2.24) is 19.8 Å². The molecule has 0 saturated carbocycles. The van der Waals surface area contributed by atoms with Gasteiger partial charge >= 0.3 is 11.7 Å². The number of anilines is 1. The van der Waals surface area contributed by atoms with Crippen molar-refractivity contribution in [1.29, 1.82) is 0 Å². The molecule has 1 N–H and O–H groups in total. The van der Waals surface area contributed by atoms with Crippen LogP contribution in [0.1, 0.15) is 30.1 Å². The molecule has 1 amide bonds. The number of aromatic nitrogens is 4. The molecule has 0 unspecified atom stereocenters. The monoisotopic (exact) mass is 401 g/mol. The van der Waals surface area contributed by atoms with Gasteiger partial charge in [0, 0.05) is 5.69 Å². The van der Waals surface area contributed by atoms with Crippen molar-refractivity contribution in [2.45, 2.75) is 26.3 Å². The molecular formula is C18H19N5O4S. The number of ether oxygens (including phenoxy) is 1. The van der Waals surface area contributed by atoms with E-state index in [0.717, 1.165) is 22.2 Å². The molecule has 28 heavy (non-hydrogen) atoms. The van der Waals surface area contributed by atoms with E-state index in [4.69, 9.17) is 4.74 Å². The molecule has 0 radical (unpaired) electrons. The maximum atomic E-state index is 12.3. The highest BCUT2D eigenvalue weighted by molar-refractivity contribution is 7.12. The molecule has 9 nitrogen and oxygen atoms in total. The Morgan fingerprint density at radius 1 is 1.18 bits per heavy atom. The third kappa shape index (κ3) is 4.71. The van der Waals surface area contributed by atoms with Crippen LogP contribution in [-0.2, 0) is 16.1 Å². The number of carbonyl (C=O) groups is 2. The third-order valence-corrected chi connectivity index (χ3v) is 4.63. The number of unbranched alkanes of at least 4 members (excludes halogenated alkanes) is 1. The number of rotatable bonds is 8. The van der Waals surface area contributed by atoms with Gasteiger partial charge < -0.3 is 10.1 Å². The Kier molecular flexibility index (Phi) is 6.33. The summed E-state index contributed by atoms with van der Waals surface area (Å²) >= 11 is 1.34. The number of hydrogen-bond acceptors (Lipinski definition) is 7. The van der Waals surface area contributed by atoms with Crippen molar-refractivity contribution in [3.63, 3.8) is 0 Å². The van der Waals surface area contributed by atoms with E-state index in [-0.39, 0.29) is 6.54 Å². The van der Waals surface area contributed by atoms with E-state index in [1.54, 1.807) is 36.4 Å². The van der Waals surface area contributed by atoms with Gasteiger partial charge in [-0.3, -0.25) is 4.79 Å². The van der Waals surface area contributed by atoms with E-state index in [1.165, 1.54) is 11.3 Å². The zero-order valence-electron chi connectivity index (χ0n) is 15.2. The summed E-state index contributed by atoms with van der Waals surface area (Å²) in [5.74, 6) is -0.832. The molecule has 0 atom stereocenters. The summed E-state index contributed by atoms with van der Waals surface area (Å²) in [5, 5.41) is 12.6. The second-order valence-electron chi connectivity index (χ2n) is 5.90. The molecule has 0 spiro atoms. The molecule has 2 aromatic heterocycles. The zero-order valence-corrected chi connectivity index (χ0v) is 16.0. The van der Waals surface area contributed by atoms with Gasteiger partial charge in [-0.25, -0.2) is 9.59 Å². The summed E-state index contributed by atoms with van der Waals surface area (Å²) in [6, 6.07) is 9.87. The number of thiophene rings is 1. The zero-order chi connectivity index (χ0) is 19.9. The van der Waals surface area contributed by atoms with Crippen LogP contribution < -0.4 is 11.0 Å². The lowest BCUT2D eigenvalue weighted by Crippen LogP contribution is -2.29. The summed E-state index contributed by atoms with van der Waals surface area (Å²) in [7, 11) is 0. The van der Waals surface area contributed by atoms with Gasteiger partial charge in [0.2, 0.25) is 5.91 Å². The summed E-state index contributed by atoms with van der Waals surface area (Å²) in [6.45, 7) is 2.13. The lowest BCUT2D eigenvalue weighted by atomic mass is 10.2. The highest BCUT2D eigenvalue weighted by Crippen LogP contribution is 2.12. The van der Waals surface area contributed by atoms with Gasteiger partial charge in [-0.1, -0.05) is 13.3 Å². The molecule has 0 bridgehead atoms. The van der Waals surface area contributed by atoms with Crippen LogP contribution in [0, 0.1) is 0 Å². The predicted molar refractivity (Wildman–Crippen MR) is 104 cm³/mol. The van der Waals surface area contributed by atoms with Crippen molar-refractivity contribution < 1.29 is 14.3 Å². The van der Waals surface area contributed by atoms with Gasteiger partial charge in [0.1, 0.15) is 11.5 Å². The number of esters is 1. The predicted octanol–water partition coefficient (Wildman–Crippen LogP) is 2.09. The van der Waals surface area contributed by atoms with Crippen molar-refractivity contribution >= 4 is 28.9 Å². The fourth-order valence-corrected chi connectivity index (χ4v) is 2.99. The van der Waals surface area contributed by atoms with Gasteiger partial charge in [0.25, 0.3) is 0 Å². The lowest BCUT2D eigenvalue weighted by Gasteiger charge is -2.06. The van der Waals surface area contributed by atoms with Crippen molar-refractivity contribution in [2.24, 2.45) is 0 Å². The van der Waals surface area contributed by atoms with Crippen LogP contribution in [0.5, 0.6) is 0 Å². The Hall–Kier alpha value is -3.27. The second-order valence-corrected chi connectivity index (χ2v) is 6.82. The molecule has 0 aliphatic carbocycles. The maximum Gasteiger partial charge on any atom is 0.369 e. The van der Waals surface area contributed by atoms with Crippen molar-refractivity contribution in [3.05, 3.63) is 57.8 Å². The van der Waals surface area contributed by atoms with Gasteiger partial charge in [0.15, 0.2) is 0 Å². The van der Waals surface area contributed by atoms with Gasteiger partial charge in [-0.2, -0.15) is 9.36 Å². The summed E-state index contributed by atoms with van der Waals surface area (Å²) in [6.07, 6.45) is 1.76. The first-order valence-corrected chi connectivity index (χ1v) is 9.60. The van der Waals surface area contributed by atoms with Crippen LogP contribution in [0.3, 0.4) is 0 Å². The first kappa shape index (κ1) is 19.5. The van der Waals surface area contributed by atoms with Crippen LogP contribution in [-0.4, -0.2) is 38.3 Å². The minimum Gasteiger partial charge on any atom is -0.462 e. The summed E-state index contributed by atoms with van der Waals surface area (Å²) in [4.78, 5) is 36.3. The maximum absolute atomic E-state index is 12.3. The third-order valence-electron chi connectivity index (χ3n) is 3.78. The molecule has 0 saturated heterocycles. The summed E-state index contributed by atoms with van der Waals surface area (Å²) in [5.41, 5.74) is 0.404. The van der Waals surface area contributed by atoms with E-state index in [9.17, 15) is 14.4 Å². The number of hydrogen-bond donors (Lipinski definition) is 1. The molecule has 0 aliphatic heterocycles. The van der Waals surface area contributed by atoms with Crippen LogP contribution >= 0.6 is 11.3 Å². The van der Waals surface area contributed by atoms with E-state index in [0.29, 0.717) is 22.9 Å². The molecule has 0 fully saturated rings. The highest BCUT2D eigenvalue weighted by atomic mass is 32.1. The Balaban J connectivity index is 1.58. The number of nitrogens with one attached hydrogen (secondary N) is 1. The average molecular weight is 401 g/mol. The van der Waals surface area contributed by atoms with Crippen LogP contribution in [0.2, 0.25) is 0 Å². The number of amides is 1. The molecule has 1 aromatic carbocycles. The van der Waals surface area contributed by atoms with E-state index >= 15 is 0 Å². The fourth-order valence-electron chi connectivity index (χ4n) is 2.32. The first-order chi connectivity index (χ1) is 13.6. The Labute approximate surface area is 164 Å². The van der Waals surface area contributed by atoms with E-state index in [2.05, 4.69) is 15.7 Å². The molecular weight excluding hydrogens is 382 g/mol. The smallest absolute Gasteiger partial charge is 0.369 e. The van der Waals surface area contributed by atoms with Crippen molar-refractivity contribution in [3.8, 4) is 5.00 Å². The molecule has 146 valence electrons. The lowest BCUT2D eigenvalue weighted by molar-refractivity contribution is -0.117. The van der Waals surface area contributed by atoms with E-state index in [1.807, 2.05) is 12.3 Å². The average Bonchev–Trinajstić information content (AvgIpc) is 3.33. The van der Waals surface area contributed by atoms with Crippen LogP contribution in [0.15, 0.2) is 46.6 Å². The quantitative estimate of drug-likeness (QED) is 0.457. The topological polar surface area (TPSA) is 108 Å². The van der Waals surface area contributed by atoms with Crippen LogP contribution in [0.25, 0.3) is 5.00 Å². The molecule has 0 aliphatic rings. The molecule has 3 rings (SSSR count). The fraction of sp³-hybridized carbons (Fsp3) is 0.278. The van der Waals surface area contributed by atoms with E-state index < -0.39 is 17.6 Å². The highest BCUT2D eigenvalue weighted by Gasteiger charge is 2.13. The Morgan fingerprint density at radius 3 is 2.64 bits per heavy atom. The SMILES string of the molecule is CCCCOC(=O)c1ccc(NC(=O)Cn2nnn(-c3cccs3)c2=O)cc1. The van der Waals surface area contributed by atoms with Gasteiger partial charge in [0.05, 0.1) is 12.2 Å². The minimum absolute atomic E-state index is 0.273. The standard InChI is InChI=1S/C18H19N5O4S/c1-2-3-10-27-17(25)13-6-8-14(9-7-13)19-15(24)12-22-18(26)23(21-20-22)16-5-4-11-28-16/h4-9,11H,2-3,10,12H2,1H3,(H,19,24). The Bertz CT molecular complexity index is 992. The molecule has 10 heteroatoms. The number of tetrazole rings is 1. The Morgan fingerprint density at radius 2 is 1.96 bits per heavy atom. The van der Waals surface area contributed by atoms with Crippen molar-refractivity contribution in [2.75, 3.05) is 11.9 Å². The molecule has 2 heterocycles. The minimum atomic E-state index is -0.497.